The Balaban J connectivity index is 2.25. The van der Waals surface area contributed by atoms with Crippen LogP contribution in [0.15, 0.2) is 18.3 Å². The second kappa shape index (κ2) is 4.05. The van der Waals surface area contributed by atoms with Crippen LogP contribution in [0.2, 0.25) is 0 Å². The monoisotopic (exact) mass is 205 g/mol. The smallest absolute Gasteiger partial charge is 0.239 e. The van der Waals surface area contributed by atoms with Gasteiger partial charge in [-0.15, -0.1) is 0 Å². The van der Waals surface area contributed by atoms with Gasteiger partial charge in [-0.1, -0.05) is 0 Å². The lowest BCUT2D eigenvalue weighted by atomic mass is 10.3. The first kappa shape index (κ1) is 9.60. The van der Waals surface area contributed by atoms with Gasteiger partial charge in [0, 0.05) is 6.20 Å². The molecule has 0 aliphatic carbocycles. The number of rotatable bonds is 3. The van der Waals surface area contributed by atoms with E-state index in [2.05, 4.69) is 25.8 Å². The third-order valence-corrected chi connectivity index (χ3v) is 1.93. The Morgan fingerprint density at radius 1 is 1.60 bits per heavy atom. The van der Waals surface area contributed by atoms with Gasteiger partial charge >= 0.3 is 0 Å². The molecular weight excluding hydrogens is 194 g/mol. The highest BCUT2D eigenvalue weighted by Crippen LogP contribution is 2.16. The zero-order valence-corrected chi connectivity index (χ0v) is 8.24. The Morgan fingerprint density at radius 2 is 2.47 bits per heavy atom. The molecule has 15 heavy (non-hydrogen) atoms. The van der Waals surface area contributed by atoms with Crippen molar-refractivity contribution in [3.05, 3.63) is 18.3 Å². The standard InChI is InChI=1S/C9H11N5O/c1-10-5-7(15)12-9-6-3-2-4-11-8(6)13-14-9/h2-4,10H,5H2,1H3,(H2,11,12,13,14,15). The van der Waals surface area contributed by atoms with E-state index in [1.54, 1.807) is 19.3 Å². The van der Waals surface area contributed by atoms with E-state index < -0.39 is 0 Å². The Bertz CT molecular complexity index is 478. The van der Waals surface area contributed by atoms with E-state index in [0.717, 1.165) is 5.39 Å². The summed E-state index contributed by atoms with van der Waals surface area (Å²) in [6.07, 6.45) is 1.66. The van der Waals surface area contributed by atoms with Gasteiger partial charge in [-0.05, 0) is 19.2 Å². The first-order valence-electron chi connectivity index (χ1n) is 4.55. The van der Waals surface area contributed by atoms with Crippen LogP contribution < -0.4 is 10.6 Å². The van der Waals surface area contributed by atoms with Crippen molar-refractivity contribution in [3.63, 3.8) is 0 Å². The first-order chi connectivity index (χ1) is 7.31. The third kappa shape index (κ3) is 1.94. The SMILES string of the molecule is CNCC(=O)Nc1[nH]nc2ncccc12. The molecule has 0 aliphatic rings. The number of nitrogens with one attached hydrogen (secondary N) is 3. The lowest BCUT2D eigenvalue weighted by molar-refractivity contribution is -0.115. The highest BCUT2D eigenvalue weighted by molar-refractivity contribution is 5.99. The summed E-state index contributed by atoms with van der Waals surface area (Å²) in [5, 5.41) is 13.0. The number of anilines is 1. The minimum Gasteiger partial charge on any atom is -0.311 e. The minimum atomic E-state index is -0.119. The van der Waals surface area contributed by atoms with Gasteiger partial charge in [0.1, 0.15) is 5.82 Å². The van der Waals surface area contributed by atoms with Crippen molar-refractivity contribution in [2.75, 3.05) is 18.9 Å². The van der Waals surface area contributed by atoms with Gasteiger partial charge in [0.25, 0.3) is 0 Å². The Morgan fingerprint density at radius 3 is 3.27 bits per heavy atom. The van der Waals surface area contributed by atoms with Gasteiger partial charge in [-0.2, -0.15) is 5.10 Å². The highest BCUT2D eigenvalue weighted by Gasteiger charge is 2.07. The molecule has 3 N–H and O–H groups in total. The van der Waals surface area contributed by atoms with Crippen molar-refractivity contribution in [3.8, 4) is 0 Å². The van der Waals surface area contributed by atoms with Crippen LogP contribution in [0.1, 0.15) is 0 Å². The molecule has 0 saturated heterocycles. The fraction of sp³-hybridized carbons (Fsp3) is 0.222. The second-order valence-corrected chi connectivity index (χ2v) is 3.05. The molecule has 6 nitrogen and oxygen atoms in total. The van der Waals surface area contributed by atoms with Crippen LogP contribution >= 0.6 is 0 Å². The largest absolute Gasteiger partial charge is 0.311 e. The molecule has 0 saturated carbocycles. The number of carbonyl (C=O) groups is 1. The van der Waals surface area contributed by atoms with E-state index in [1.165, 1.54) is 0 Å². The number of fused-ring (bicyclic) bond motifs is 1. The topological polar surface area (TPSA) is 82.7 Å². The molecule has 2 aromatic rings. The van der Waals surface area contributed by atoms with Gasteiger partial charge in [0.2, 0.25) is 5.91 Å². The quantitative estimate of drug-likeness (QED) is 0.664. The number of amides is 1. The molecule has 0 unspecified atom stereocenters. The van der Waals surface area contributed by atoms with Crippen LogP contribution in [-0.2, 0) is 4.79 Å². The van der Waals surface area contributed by atoms with Crippen LogP contribution in [0, 0.1) is 0 Å². The van der Waals surface area contributed by atoms with Gasteiger partial charge in [-0.25, -0.2) is 4.98 Å². The summed E-state index contributed by atoms with van der Waals surface area (Å²) in [7, 11) is 1.71. The zero-order valence-electron chi connectivity index (χ0n) is 8.24. The predicted octanol–water partition coefficient (Wildman–Crippen LogP) is 0.116. The van der Waals surface area contributed by atoms with Crippen LogP contribution in [0.25, 0.3) is 11.0 Å². The summed E-state index contributed by atoms with van der Waals surface area (Å²) < 4.78 is 0. The fourth-order valence-corrected chi connectivity index (χ4v) is 1.29. The summed E-state index contributed by atoms with van der Waals surface area (Å²) in [6.45, 7) is 0.265. The molecule has 0 aromatic carbocycles. The van der Waals surface area contributed by atoms with Crippen LogP contribution in [0.3, 0.4) is 0 Å². The Kier molecular flexibility index (Phi) is 2.59. The molecular formula is C9H11N5O. The molecule has 78 valence electrons. The number of carbonyl (C=O) groups excluding carboxylic acids is 1. The van der Waals surface area contributed by atoms with E-state index in [-0.39, 0.29) is 12.5 Å². The zero-order chi connectivity index (χ0) is 10.7. The average molecular weight is 205 g/mol. The van der Waals surface area contributed by atoms with Gasteiger partial charge in [-0.3, -0.25) is 9.89 Å². The van der Waals surface area contributed by atoms with Crippen LogP contribution in [0.4, 0.5) is 5.82 Å². The van der Waals surface area contributed by atoms with Crippen molar-refractivity contribution in [1.82, 2.24) is 20.5 Å². The molecule has 2 rings (SSSR count). The molecule has 2 aromatic heterocycles. The molecule has 0 bridgehead atoms. The predicted molar refractivity (Wildman–Crippen MR) is 56.4 cm³/mol. The number of H-pyrrole nitrogens is 1. The lowest BCUT2D eigenvalue weighted by Gasteiger charge is -2.01. The van der Waals surface area contributed by atoms with E-state index in [1.807, 2.05) is 6.07 Å². The molecule has 0 fully saturated rings. The maximum absolute atomic E-state index is 11.3. The normalized spacial score (nSPS) is 10.5. The van der Waals surface area contributed by atoms with Crippen molar-refractivity contribution in [2.45, 2.75) is 0 Å². The van der Waals surface area contributed by atoms with Gasteiger partial charge in [0.05, 0.1) is 11.9 Å². The molecule has 2 heterocycles. The summed E-state index contributed by atoms with van der Waals surface area (Å²) in [4.78, 5) is 15.4. The number of hydrogen-bond acceptors (Lipinski definition) is 4. The van der Waals surface area contributed by atoms with Crippen LogP contribution in [-0.4, -0.2) is 34.7 Å². The fourth-order valence-electron chi connectivity index (χ4n) is 1.29. The van der Waals surface area contributed by atoms with Crippen molar-refractivity contribution in [2.24, 2.45) is 0 Å². The molecule has 0 spiro atoms. The lowest BCUT2D eigenvalue weighted by Crippen LogP contribution is -2.25. The number of likely N-dealkylation sites (N-methyl/N-ethyl adjacent to an activating group) is 1. The number of nitrogens with zero attached hydrogens (tertiary/aromatic N) is 2. The maximum atomic E-state index is 11.3. The summed E-state index contributed by atoms with van der Waals surface area (Å²) in [5.41, 5.74) is 0.595. The van der Waals surface area contributed by atoms with E-state index in [9.17, 15) is 4.79 Å². The number of aromatic amines is 1. The van der Waals surface area contributed by atoms with E-state index in [4.69, 9.17) is 0 Å². The number of aromatic nitrogens is 3. The van der Waals surface area contributed by atoms with Crippen molar-refractivity contribution >= 4 is 22.8 Å². The minimum absolute atomic E-state index is 0.119. The Hall–Kier alpha value is -1.95. The third-order valence-electron chi connectivity index (χ3n) is 1.93. The number of hydrogen-bond donors (Lipinski definition) is 3. The first-order valence-corrected chi connectivity index (χ1v) is 4.55. The summed E-state index contributed by atoms with van der Waals surface area (Å²) in [6, 6.07) is 3.65. The summed E-state index contributed by atoms with van der Waals surface area (Å²) in [5.74, 6) is 0.463. The molecule has 1 amide bonds. The van der Waals surface area contributed by atoms with Crippen molar-refractivity contribution in [1.29, 1.82) is 0 Å². The van der Waals surface area contributed by atoms with Crippen LogP contribution in [0.5, 0.6) is 0 Å². The molecule has 0 atom stereocenters. The summed E-state index contributed by atoms with van der Waals surface area (Å²) >= 11 is 0. The average Bonchev–Trinajstić information content (AvgIpc) is 2.62. The molecule has 6 heteroatoms. The molecule has 0 radical (unpaired) electrons. The highest BCUT2D eigenvalue weighted by atomic mass is 16.2. The Labute approximate surface area is 86.1 Å². The van der Waals surface area contributed by atoms with E-state index >= 15 is 0 Å². The van der Waals surface area contributed by atoms with E-state index in [0.29, 0.717) is 11.5 Å². The number of pyridine rings is 1. The van der Waals surface area contributed by atoms with Gasteiger partial charge < -0.3 is 10.6 Å². The second-order valence-electron chi connectivity index (χ2n) is 3.05. The van der Waals surface area contributed by atoms with Crippen molar-refractivity contribution < 1.29 is 4.79 Å². The maximum Gasteiger partial charge on any atom is 0.239 e. The van der Waals surface area contributed by atoms with Gasteiger partial charge in [0.15, 0.2) is 5.65 Å². The molecule has 0 aliphatic heterocycles.